The molecule has 4 fully saturated rings. The van der Waals surface area contributed by atoms with Gasteiger partial charge in [-0.3, -0.25) is 9.69 Å². The first-order valence-electron chi connectivity index (χ1n) is 8.73. The van der Waals surface area contributed by atoms with Crippen molar-refractivity contribution in [1.82, 2.24) is 4.90 Å². The number of benzene rings is 1. The van der Waals surface area contributed by atoms with Crippen LogP contribution in [0.4, 0.5) is 4.79 Å². The molecule has 5 heteroatoms. The highest BCUT2D eigenvalue weighted by molar-refractivity contribution is 5.87. The standard InChI is InChI=1S/C20H21NO4/c1-3-19-10-15-11-20(4-2,25-17(19)22)16(19)21(12-15)18(23)24-13-14-8-6-5-7-9-14/h1,5-9,15-16H,4,10-13H2,2H3/t15-,16+,19-,20+/m0/s1. The molecular weight excluding hydrogens is 318 g/mol. The van der Waals surface area contributed by atoms with Gasteiger partial charge in [0.15, 0.2) is 5.41 Å². The molecule has 1 aliphatic carbocycles. The first-order valence-corrected chi connectivity index (χ1v) is 8.73. The lowest BCUT2D eigenvalue weighted by atomic mass is 9.58. The lowest BCUT2D eigenvalue weighted by Crippen LogP contribution is -2.68. The zero-order chi connectivity index (χ0) is 17.7. The van der Waals surface area contributed by atoms with Crippen molar-refractivity contribution < 1.29 is 19.1 Å². The van der Waals surface area contributed by atoms with Gasteiger partial charge < -0.3 is 9.47 Å². The Balaban J connectivity index is 1.60. The molecule has 3 saturated heterocycles. The van der Waals surface area contributed by atoms with E-state index < -0.39 is 23.2 Å². The van der Waals surface area contributed by atoms with Crippen molar-refractivity contribution in [3.05, 3.63) is 35.9 Å². The largest absolute Gasteiger partial charge is 0.456 e. The number of hydrogen-bond acceptors (Lipinski definition) is 4. The minimum atomic E-state index is -1.02. The Morgan fingerprint density at radius 3 is 2.84 bits per heavy atom. The number of hydrogen-bond donors (Lipinski definition) is 0. The smallest absolute Gasteiger partial charge is 0.410 e. The molecule has 0 unspecified atom stereocenters. The van der Waals surface area contributed by atoms with Crippen LogP contribution in [-0.4, -0.2) is 35.2 Å². The zero-order valence-electron chi connectivity index (χ0n) is 14.2. The highest BCUT2D eigenvalue weighted by Gasteiger charge is 2.73. The van der Waals surface area contributed by atoms with Crippen LogP contribution >= 0.6 is 0 Å². The minimum Gasteiger partial charge on any atom is -0.456 e. The van der Waals surface area contributed by atoms with E-state index in [-0.39, 0.29) is 18.5 Å². The van der Waals surface area contributed by atoms with Gasteiger partial charge in [0.1, 0.15) is 18.2 Å². The fraction of sp³-hybridized carbons (Fsp3) is 0.500. The molecular formula is C20H21NO4. The van der Waals surface area contributed by atoms with Gasteiger partial charge in [-0.15, -0.1) is 6.42 Å². The number of nitrogens with zero attached hydrogens (tertiary/aromatic N) is 1. The van der Waals surface area contributed by atoms with Crippen LogP contribution in [-0.2, 0) is 20.9 Å². The van der Waals surface area contributed by atoms with Crippen molar-refractivity contribution in [1.29, 1.82) is 0 Å². The summed E-state index contributed by atoms with van der Waals surface area (Å²) in [6.07, 6.45) is 7.35. The van der Waals surface area contributed by atoms with E-state index in [0.29, 0.717) is 19.4 Å². The van der Waals surface area contributed by atoms with Crippen LogP contribution in [0.15, 0.2) is 30.3 Å². The Bertz CT molecular complexity index is 755. The second-order valence-corrected chi connectivity index (χ2v) is 7.29. The third-order valence-corrected chi connectivity index (χ3v) is 5.93. The Morgan fingerprint density at radius 1 is 1.40 bits per heavy atom. The zero-order valence-corrected chi connectivity index (χ0v) is 14.2. The summed E-state index contributed by atoms with van der Waals surface area (Å²) in [5.74, 6) is 2.49. The maximum Gasteiger partial charge on any atom is 0.410 e. The van der Waals surface area contributed by atoms with E-state index in [0.717, 1.165) is 12.0 Å². The highest BCUT2D eigenvalue weighted by Crippen LogP contribution is 2.59. The van der Waals surface area contributed by atoms with Crippen molar-refractivity contribution >= 4 is 12.1 Å². The normalized spacial score (nSPS) is 35.2. The van der Waals surface area contributed by atoms with Gasteiger partial charge in [-0.25, -0.2) is 4.79 Å². The van der Waals surface area contributed by atoms with Crippen LogP contribution in [0.5, 0.6) is 0 Å². The number of amides is 1. The molecule has 4 atom stereocenters. The fourth-order valence-corrected chi connectivity index (χ4v) is 4.91. The number of terminal acetylenes is 1. The van der Waals surface area contributed by atoms with E-state index in [1.807, 2.05) is 37.3 Å². The fourth-order valence-electron chi connectivity index (χ4n) is 4.91. The highest BCUT2D eigenvalue weighted by atomic mass is 16.6. The van der Waals surface area contributed by atoms with E-state index in [1.54, 1.807) is 4.90 Å². The number of rotatable bonds is 3. The number of fused-ring (bicyclic) bond motifs is 1. The van der Waals surface area contributed by atoms with Crippen LogP contribution in [0.1, 0.15) is 31.7 Å². The van der Waals surface area contributed by atoms with Crippen molar-refractivity contribution in [3.63, 3.8) is 0 Å². The first-order chi connectivity index (χ1) is 12.0. The van der Waals surface area contributed by atoms with Crippen molar-refractivity contribution in [3.8, 4) is 12.3 Å². The molecule has 4 aliphatic rings. The molecule has 25 heavy (non-hydrogen) atoms. The Morgan fingerprint density at radius 2 is 2.16 bits per heavy atom. The molecule has 1 aromatic carbocycles. The summed E-state index contributed by atoms with van der Waals surface area (Å²) < 4.78 is 11.3. The Kier molecular flexibility index (Phi) is 3.54. The summed E-state index contributed by atoms with van der Waals surface area (Å²) >= 11 is 0. The van der Waals surface area contributed by atoms with Gasteiger partial charge in [0, 0.05) is 6.54 Å². The molecule has 3 heterocycles. The van der Waals surface area contributed by atoms with Gasteiger partial charge in [0.05, 0.1) is 0 Å². The van der Waals surface area contributed by atoms with Gasteiger partial charge in [0.2, 0.25) is 0 Å². The molecule has 0 radical (unpaired) electrons. The molecule has 1 aromatic rings. The summed E-state index contributed by atoms with van der Waals surface area (Å²) in [6, 6.07) is 9.09. The predicted octanol–water partition coefficient (Wildman–Crippen LogP) is 2.74. The van der Waals surface area contributed by atoms with Crippen LogP contribution in [0.2, 0.25) is 0 Å². The SMILES string of the molecule is C#C[C@]12C[C@@H]3CN(C(=O)OCc4ccccc4)[C@H]1[C@@](CC)(C3)OC2=O. The van der Waals surface area contributed by atoms with E-state index in [4.69, 9.17) is 15.9 Å². The van der Waals surface area contributed by atoms with Crippen LogP contribution in [0, 0.1) is 23.7 Å². The summed E-state index contributed by atoms with van der Waals surface area (Å²) in [5, 5.41) is 0. The molecule has 0 spiro atoms. The third-order valence-electron chi connectivity index (χ3n) is 5.93. The van der Waals surface area contributed by atoms with E-state index in [9.17, 15) is 9.59 Å². The lowest BCUT2D eigenvalue weighted by Gasteiger charge is -2.54. The van der Waals surface area contributed by atoms with Gasteiger partial charge in [0.25, 0.3) is 0 Å². The third kappa shape index (κ3) is 2.17. The predicted molar refractivity (Wildman–Crippen MR) is 90.2 cm³/mol. The monoisotopic (exact) mass is 339 g/mol. The van der Waals surface area contributed by atoms with Crippen LogP contribution in [0.3, 0.4) is 0 Å². The average molecular weight is 339 g/mol. The van der Waals surface area contributed by atoms with Crippen molar-refractivity contribution in [2.24, 2.45) is 11.3 Å². The molecule has 0 N–H and O–H groups in total. The van der Waals surface area contributed by atoms with Gasteiger partial charge >= 0.3 is 12.1 Å². The number of ether oxygens (including phenoxy) is 2. The summed E-state index contributed by atoms with van der Waals surface area (Å²) in [6.45, 7) is 2.75. The molecule has 3 aliphatic heterocycles. The number of esters is 1. The number of piperidine rings is 2. The Hall–Kier alpha value is -2.48. The van der Waals surface area contributed by atoms with Crippen LogP contribution < -0.4 is 0 Å². The second kappa shape index (κ2) is 5.52. The molecule has 5 rings (SSSR count). The summed E-state index contributed by atoms with van der Waals surface area (Å²) in [4.78, 5) is 27.0. The molecule has 1 saturated carbocycles. The molecule has 130 valence electrons. The quantitative estimate of drug-likeness (QED) is 0.628. The topological polar surface area (TPSA) is 55.8 Å². The van der Waals surface area contributed by atoms with E-state index >= 15 is 0 Å². The van der Waals surface area contributed by atoms with Crippen LogP contribution in [0.25, 0.3) is 0 Å². The van der Waals surface area contributed by atoms with Gasteiger partial charge in [-0.2, -0.15) is 0 Å². The second-order valence-electron chi connectivity index (χ2n) is 7.29. The van der Waals surface area contributed by atoms with Crippen molar-refractivity contribution in [2.75, 3.05) is 6.54 Å². The van der Waals surface area contributed by atoms with Crippen molar-refractivity contribution in [2.45, 2.75) is 44.4 Å². The molecule has 4 bridgehead atoms. The van der Waals surface area contributed by atoms with Gasteiger partial charge in [-0.1, -0.05) is 43.2 Å². The van der Waals surface area contributed by atoms with Gasteiger partial charge in [-0.05, 0) is 30.7 Å². The maximum atomic E-state index is 12.8. The number of carbonyl (C=O) groups is 2. The minimum absolute atomic E-state index is 0.164. The van der Waals surface area contributed by atoms with E-state index in [1.165, 1.54) is 0 Å². The average Bonchev–Trinajstić information content (AvgIpc) is 2.84. The summed E-state index contributed by atoms with van der Waals surface area (Å²) in [5.41, 5.74) is -0.774. The first kappa shape index (κ1) is 16.0. The molecule has 1 amide bonds. The summed E-state index contributed by atoms with van der Waals surface area (Å²) in [7, 11) is 0. The molecule has 5 nitrogen and oxygen atoms in total. The van der Waals surface area contributed by atoms with E-state index in [2.05, 4.69) is 5.92 Å². The molecule has 0 aromatic heterocycles. The maximum absolute atomic E-state index is 12.8. The number of carbonyl (C=O) groups excluding carboxylic acids is 2. The lowest BCUT2D eigenvalue weighted by molar-refractivity contribution is -0.153. The Labute approximate surface area is 147 Å².